The summed E-state index contributed by atoms with van der Waals surface area (Å²) in [6.45, 7) is 6.38. The molecule has 1 atom stereocenters. The fraction of sp³-hybridized carbons (Fsp3) is 0.200. The van der Waals surface area contributed by atoms with E-state index in [9.17, 15) is 4.79 Å². The van der Waals surface area contributed by atoms with Gasteiger partial charge in [0, 0.05) is 17.8 Å². The molecule has 1 amide bonds. The standard InChI is InChI=1S/C25H24N2O4/c1-17(5-7-19-13-14-26-24(15-19)30-4)6-12-22(18(2)23-16-31-25(28)27-23)20-8-10-21(29-3)11-9-20/h6,8-15,23H,2,16H2,1,3-4H3,(H,27,28). The van der Waals surface area contributed by atoms with Gasteiger partial charge in [0.05, 0.1) is 20.3 Å². The average Bonchev–Trinajstić information content (AvgIpc) is 3.24. The number of carbonyl (C=O) groups is 1. The molecule has 0 aliphatic carbocycles. The van der Waals surface area contributed by atoms with Crippen molar-refractivity contribution < 1.29 is 19.0 Å². The lowest BCUT2D eigenvalue weighted by molar-refractivity contribution is 0.177. The van der Waals surface area contributed by atoms with Crippen molar-refractivity contribution in [1.29, 1.82) is 0 Å². The summed E-state index contributed by atoms with van der Waals surface area (Å²) in [6.07, 6.45) is 5.09. The SMILES string of the molecule is C=C(C(=CC=C(C)C#Cc1ccnc(OC)c1)c1ccc(OC)cc1)C1COC(=O)N1. The van der Waals surface area contributed by atoms with Crippen LogP contribution in [0.15, 0.2) is 72.5 Å². The van der Waals surface area contributed by atoms with Gasteiger partial charge in [-0.05, 0) is 47.4 Å². The second kappa shape index (κ2) is 10.2. The van der Waals surface area contributed by atoms with E-state index in [1.807, 2.05) is 49.4 Å². The summed E-state index contributed by atoms with van der Waals surface area (Å²) in [5.41, 5.74) is 4.26. The number of cyclic esters (lactones) is 1. The second-order valence-corrected chi connectivity index (χ2v) is 6.82. The smallest absolute Gasteiger partial charge is 0.407 e. The summed E-state index contributed by atoms with van der Waals surface area (Å²) in [5, 5.41) is 2.78. The fourth-order valence-corrected chi connectivity index (χ4v) is 2.94. The number of aromatic nitrogens is 1. The van der Waals surface area contributed by atoms with Gasteiger partial charge in [-0.15, -0.1) is 0 Å². The Morgan fingerprint density at radius 3 is 2.65 bits per heavy atom. The number of rotatable bonds is 6. The molecule has 0 radical (unpaired) electrons. The zero-order valence-corrected chi connectivity index (χ0v) is 17.8. The highest BCUT2D eigenvalue weighted by atomic mass is 16.6. The van der Waals surface area contributed by atoms with Crippen LogP contribution < -0.4 is 14.8 Å². The molecule has 1 fully saturated rings. The van der Waals surface area contributed by atoms with Gasteiger partial charge in [0.25, 0.3) is 0 Å². The van der Waals surface area contributed by atoms with Crippen molar-refractivity contribution in [3.63, 3.8) is 0 Å². The Morgan fingerprint density at radius 1 is 1.23 bits per heavy atom. The van der Waals surface area contributed by atoms with E-state index in [-0.39, 0.29) is 12.6 Å². The Balaban J connectivity index is 1.89. The highest BCUT2D eigenvalue weighted by Crippen LogP contribution is 2.28. The summed E-state index contributed by atoms with van der Waals surface area (Å²) in [4.78, 5) is 15.6. The molecular weight excluding hydrogens is 392 g/mol. The summed E-state index contributed by atoms with van der Waals surface area (Å²) < 4.78 is 15.4. The number of nitrogens with zero attached hydrogens (tertiary/aromatic N) is 1. The van der Waals surface area contributed by atoms with E-state index in [0.29, 0.717) is 5.88 Å². The first-order valence-corrected chi connectivity index (χ1v) is 9.67. The van der Waals surface area contributed by atoms with E-state index in [2.05, 4.69) is 28.7 Å². The molecule has 2 heterocycles. The number of allylic oxidation sites excluding steroid dienone is 3. The number of amides is 1. The zero-order chi connectivity index (χ0) is 22.2. The molecule has 2 aromatic rings. The summed E-state index contributed by atoms with van der Waals surface area (Å²) in [6, 6.07) is 11.0. The first-order valence-electron chi connectivity index (χ1n) is 9.67. The molecule has 1 aromatic carbocycles. The average molecular weight is 416 g/mol. The molecule has 1 saturated heterocycles. The van der Waals surface area contributed by atoms with E-state index in [4.69, 9.17) is 14.2 Å². The van der Waals surface area contributed by atoms with Crippen LogP contribution in [0.3, 0.4) is 0 Å². The molecule has 31 heavy (non-hydrogen) atoms. The molecule has 3 rings (SSSR count). The molecule has 0 saturated carbocycles. The van der Waals surface area contributed by atoms with Crippen LogP contribution in [0.25, 0.3) is 5.57 Å². The topological polar surface area (TPSA) is 69.7 Å². The molecule has 0 bridgehead atoms. The van der Waals surface area contributed by atoms with Crippen molar-refractivity contribution in [2.75, 3.05) is 20.8 Å². The van der Waals surface area contributed by atoms with Crippen LogP contribution in [0.2, 0.25) is 0 Å². The molecule has 6 nitrogen and oxygen atoms in total. The lowest BCUT2D eigenvalue weighted by Crippen LogP contribution is -2.28. The third kappa shape index (κ3) is 5.77. The molecule has 0 spiro atoms. The van der Waals surface area contributed by atoms with Crippen molar-refractivity contribution >= 4 is 11.7 Å². The van der Waals surface area contributed by atoms with Gasteiger partial charge in [-0.25, -0.2) is 9.78 Å². The second-order valence-electron chi connectivity index (χ2n) is 6.82. The summed E-state index contributed by atoms with van der Waals surface area (Å²) >= 11 is 0. The maximum atomic E-state index is 11.5. The van der Waals surface area contributed by atoms with E-state index < -0.39 is 6.09 Å². The first-order chi connectivity index (χ1) is 15.0. The van der Waals surface area contributed by atoms with Crippen LogP contribution in [0.1, 0.15) is 18.1 Å². The van der Waals surface area contributed by atoms with Crippen LogP contribution in [0, 0.1) is 11.8 Å². The summed E-state index contributed by atoms with van der Waals surface area (Å²) in [5.74, 6) is 7.52. The lowest BCUT2D eigenvalue weighted by Gasteiger charge is -2.16. The number of methoxy groups -OCH3 is 2. The number of alkyl carbamates (subject to hydrolysis) is 1. The number of carbonyl (C=O) groups excluding carboxylic acids is 1. The molecule has 1 N–H and O–H groups in total. The lowest BCUT2D eigenvalue weighted by atomic mass is 9.93. The molecule has 158 valence electrons. The van der Waals surface area contributed by atoms with Gasteiger partial charge in [-0.1, -0.05) is 42.7 Å². The number of ether oxygens (including phenoxy) is 3. The highest BCUT2D eigenvalue weighted by Gasteiger charge is 2.26. The van der Waals surface area contributed by atoms with Crippen LogP contribution in [0.5, 0.6) is 11.6 Å². The van der Waals surface area contributed by atoms with Gasteiger partial charge < -0.3 is 19.5 Å². The molecule has 1 unspecified atom stereocenters. The Kier molecular flexibility index (Phi) is 7.13. The van der Waals surface area contributed by atoms with Gasteiger partial charge in [-0.3, -0.25) is 0 Å². The quantitative estimate of drug-likeness (QED) is 0.566. The summed E-state index contributed by atoms with van der Waals surface area (Å²) in [7, 11) is 3.19. The van der Waals surface area contributed by atoms with Gasteiger partial charge in [0.2, 0.25) is 5.88 Å². The normalized spacial score (nSPS) is 16.0. The van der Waals surface area contributed by atoms with Crippen LogP contribution in [-0.4, -0.2) is 37.9 Å². The van der Waals surface area contributed by atoms with Crippen molar-refractivity contribution in [3.8, 4) is 23.5 Å². The fourth-order valence-electron chi connectivity index (χ4n) is 2.94. The van der Waals surface area contributed by atoms with Crippen molar-refractivity contribution in [2.45, 2.75) is 13.0 Å². The maximum absolute atomic E-state index is 11.5. The third-order valence-corrected chi connectivity index (χ3v) is 4.69. The Hall–Kier alpha value is -3.98. The van der Waals surface area contributed by atoms with E-state index in [0.717, 1.165) is 33.6 Å². The number of benzene rings is 1. The molecule has 1 aromatic heterocycles. The van der Waals surface area contributed by atoms with Crippen LogP contribution in [-0.2, 0) is 4.74 Å². The Morgan fingerprint density at radius 2 is 2.00 bits per heavy atom. The maximum Gasteiger partial charge on any atom is 0.407 e. The van der Waals surface area contributed by atoms with Gasteiger partial charge in [0.1, 0.15) is 12.4 Å². The van der Waals surface area contributed by atoms with Crippen molar-refractivity contribution in [1.82, 2.24) is 10.3 Å². The number of hydrogen-bond donors (Lipinski definition) is 1. The predicted octanol–water partition coefficient (Wildman–Crippen LogP) is 4.14. The Labute approximate surface area is 182 Å². The van der Waals surface area contributed by atoms with Gasteiger partial charge in [-0.2, -0.15) is 0 Å². The largest absolute Gasteiger partial charge is 0.497 e. The van der Waals surface area contributed by atoms with Gasteiger partial charge in [0.15, 0.2) is 0 Å². The molecule has 1 aliphatic heterocycles. The van der Waals surface area contributed by atoms with Crippen LogP contribution >= 0.6 is 0 Å². The minimum atomic E-state index is -0.439. The minimum Gasteiger partial charge on any atom is -0.497 e. The van der Waals surface area contributed by atoms with Crippen LogP contribution in [0.4, 0.5) is 4.79 Å². The van der Waals surface area contributed by atoms with Gasteiger partial charge >= 0.3 is 6.09 Å². The van der Waals surface area contributed by atoms with E-state index >= 15 is 0 Å². The van der Waals surface area contributed by atoms with Crippen molar-refractivity contribution in [2.24, 2.45) is 0 Å². The third-order valence-electron chi connectivity index (χ3n) is 4.69. The van der Waals surface area contributed by atoms with E-state index in [1.54, 1.807) is 26.5 Å². The predicted molar refractivity (Wildman–Crippen MR) is 120 cm³/mol. The first kappa shape index (κ1) is 21.7. The van der Waals surface area contributed by atoms with Crippen molar-refractivity contribution in [3.05, 3.63) is 83.6 Å². The zero-order valence-electron chi connectivity index (χ0n) is 17.8. The van der Waals surface area contributed by atoms with E-state index in [1.165, 1.54) is 0 Å². The highest BCUT2D eigenvalue weighted by molar-refractivity contribution is 5.83. The monoisotopic (exact) mass is 416 g/mol. The Bertz CT molecular complexity index is 1090. The minimum absolute atomic E-state index is 0.248. The number of hydrogen-bond acceptors (Lipinski definition) is 5. The molecule has 6 heteroatoms. The number of nitrogens with one attached hydrogen (secondary N) is 1. The molecular formula is C25H24N2O4. The number of pyridine rings is 1. The molecule has 1 aliphatic rings.